The van der Waals surface area contributed by atoms with Crippen LogP contribution in [0.25, 0.3) is 0 Å². The fraction of sp³-hybridized carbons (Fsp3) is 0.929. The lowest BCUT2D eigenvalue weighted by molar-refractivity contribution is -0.150. The van der Waals surface area contributed by atoms with Gasteiger partial charge in [-0.3, -0.25) is 10.1 Å². The molecule has 2 N–H and O–H groups in total. The van der Waals surface area contributed by atoms with Gasteiger partial charge in [-0.2, -0.15) is 0 Å². The Morgan fingerprint density at radius 2 is 2.21 bits per heavy atom. The second-order valence-corrected chi connectivity index (χ2v) is 5.58. The molecule has 0 amide bonds. The summed E-state index contributed by atoms with van der Waals surface area (Å²) in [5.74, 6) is -0.585. The molecular weight excluding hydrogens is 246 g/mol. The van der Waals surface area contributed by atoms with E-state index >= 15 is 0 Å². The minimum atomic E-state index is -0.899. The maximum absolute atomic E-state index is 11.6. The fourth-order valence-corrected chi connectivity index (χ4v) is 2.81. The number of nitrogens with one attached hydrogen (secondary N) is 1. The molecule has 2 aliphatic rings. The Kier molecular flexibility index (Phi) is 5.19. The van der Waals surface area contributed by atoms with Crippen LogP contribution in [0.1, 0.15) is 39.0 Å². The zero-order valence-electron chi connectivity index (χ0n) is 11.7. The minimum Gasteiger partial charge on any atom is -0.480 e. The van der Waals surface area contributed by atoms with Crippen molar-refractivity contribution < 1.29 is 19.4 Å². The van der Waals surface area contributed by atoms with Crippen LogP contribution in [-0.4, -0.2) is 49.1 Å². The fourth-order valence-electron chi connectivity index (χ4n) is 2.81. The van der Waals surface area contributed by atoms with E-state index in [1.54, 1.807) is 0 Å². The van der Waals surface area contributed by atoms with Gasteiger partial charge in [0.25, 0.3) is 0 Å². The van der Waals surface area contributed by atoms with Crippen LogP contribution in [0, 0.1) is 5.92 Å². The Bertz CT molecular complexity index is 300. The zero-order valence-corrected chi connectivity index (χ0v) is 11.7. The van der Waals surface area contributed by atoms with Crippen molar-refractivity contribution in [3.63, 3.8) is 0 Å². The molecule has 1 saturated carbocycles. The van der Waals surface area contributed by atoms with Gasteiger partial charge >= 0.3 is 5.97 Å². The molecule has 2 fully saturated rings. The number of aliphatic carboxylic acids is 1. The van der Waals surface area contributed by atoms with Gasteiger partial charge in [0, 0.05) is 6.61 Å². The van der Waals surface area contributed by atoms with Crippen LogP contribution in [0.2, 0.25) is 0 Å². The predicted molar refractivity (Wildman–Crippen MR) is 71.2 cm³/mol. The third-order valence-corrected chi connectivity index (χ3v) is 4.06. The average molecular weight is 271 g/mol. The van der Waals surface area contributed by atoms with Gasteiger partial charge in [0.05, 0.1) is 19.3 Å². The lowest BCUT2D eigenvalue weighted by Gasteiger charge is -2.31. The Balaban J connectivity index is 1.83. The Morgan fingerprint density at radius 3 is 2.74 bits per heavy atom. The van der Waals surface area contributed by atoms with E-state index in [1.165, 1.54) is 6.42 Å². The molecule has 2 rings (SSSR count). The first-order valence-corrected chi connectivity index (χ1v) is 7.37. The molecule has 1 saturated heterocycles. The maximum Gasteiger partial charge on any atom is 0.326 e. The summed E-state index contributed by atoms with van der Waals surface area (Å²) in [5.41, 5.74) is -0.899. The summed E-state index contributed by atoms with van der Waals surface area (Å²) >= 11 is 0. The number of ether oxygens (including phenoxy) is 2. The molecule has 1 aliphatic heterocycles. The topological polar surface area (TPSA) is 67.8 Å². The molecule has 110 valence electrons. The van der Waals surface area contributed by atoms with Gasteiger partial charge in [0.15, 0.2) is 0 Å². The normalized spacial score (nSPS) is 26.9. The number of likely N-dealkylation sites (N-methyl/N-ethyl adjacent to an activating group) is 1. The monoisotopic (exact) mass is 271 g/mol. The van der Waals surface area contributed by atoms with E-state index in [0.717, 1.165) is 32.3 Å². The van der Waals surface area contributed by atoms with Gasteiger partial charge < -0.3 is 14.6 Å². The molecule has 19 heavy (non-hydrogen) atoms. The van der Waals surface area contributed by atoms with E-state index in [1.807, 2.05) is 6.92 Å². The first-order chi connectivity index (χ1) is 9.19. The molecule has 5 nitrogen and oxygen atoms in total. The number of hydrogen-bond acceptors (Lipinski definition) is 4. The lowest BCUT2D eigenvalue weighted by atomic mass is 9.94. The van der Waals surface area contributed by atoms with E-state index in [2.05, 4.69) is 5.32 Å². The Labute approximate surface area is 114 Å². The largest absolute Gasteiger partial charge is 0.480 e. The molecule has 0 bridgehead atoms. The molecule has 1 aliphatic carbocycles. The molecule has 5 heteroatoms. The second-order valence-electron chi connectivity index (χ2n) is 5.58. The van der Waals surface area contributed by atoms with E-state index in [4.69, 9.17) is 9.47 Å². The van der Waals surface area contributed by atoms with E-state index in [0.29, 0.717) is 13.2 Å². The molecule has 0 spiro atoms. The van der Waals surface area contributed by atoms with Crippen molar-refractivity contribution >= 4 is 5.97 Å². The number of hydrogen-bond donors (Lipinski definition) is 2. The van der Waals surface area contributed by atoms with Crippen LogP contribution in [0.15, 0.2) is 0 Å². The standard InChI is InChI=1S/C14H25NO4/c1-2-15-14(13(16)17,11-6-7-11)10-18-9-12-5-3-4-8-19-12/h11-12,15H,2-10H2,1H3,(H,16,17). The van der Waals surface area contributed by atoms with Gasteiger partial charge in [-0.1, -0.05) is 6.92 Å². The third-order valence-electron chi connectivity index (χ3n) is 4.06. The van der Waals surface area contributed by atoms with Crippen molar-refractivity contribution in [1.29, 1.82) is 0 Å². The molecule has 2 unspecified atom stereocenters. The van der Waals surface area contributed by atoms with Crippen molar-refractivity contribution in [3.8, 4) is 0 Å². The quantitative estimate of drug-likeness (QED) is 0.699. The highest BCUT2D eigenvalue weighted by atomic mass is 16.5. The van der Waals surface area contributed by atoms with E-state index < -0.39 is 11.5 Å². The second kappa shape index (κ2) is 6.68. The van der Waals surface area contributed by atoms with Crippen LogP contribution in [0.5, 0.6) is 0 Å². The molecule has 0 aromatic heterocycles. The van der Waals surface area contributed by atoms with Gasteiger partial charge in [-0.15, -0.1) is 0 Å². The van der Waals surface area contributed by atoms with Crippen molar-refractivity contribution in [3.05, 3.63) is 0 Å². The molecular formula is C14H25NO4. The smallest absolute Gasteiger partial charge is 0.326 e. The first-order valence-electron chi connectivity index (χ1n) is 7.37. The Morgan fingerprint density at radius 1 is 1.42 bits per heavy atom. The molecule has 0 radical (unpaired) electrons. The zero-order chi connectivity index (χ0) is 13.7. The minimum absolute atomic E-state index is 0.140. The van der Waals surface area contributed by atoms with Gasteiger partial charge in [0.1, 0.15) is 5.54 Å². The van der Waals surface area contributed by atoms with Gasteiger partial charge in [-0.05, 0) is 44.6 Å². The van der Waals surface area contributed by atoms with Crippen LogP contribution in [-0.2, 0) is 14.3 Å². The van der Waals surface area contributed by atoms with Crippen LogP contribution < -0.4 is 5.32 Å². The SMILES string of the molecule is CCNC(COCC1CCCCO1)(C(=O)O)C1CC1. The summed E-state index contributed by atoms with van der Waals surface area (Å²) in [7, 11) is 0. The maximum atomic E-state index is 11.6. The van der Waals surface area contributed by atoms with Crippen molar-refractivity contribution in [2.45, 2.75) is 50.7 Å². The summed E-state index contributed by atoms with van der Waals surface area (Å²) in [5, 5.41) is 12.7. The molecule has 1 heterocycles. The highest BCUT2D eigenvalue weighted by Crippen LogP contribution is 2.40. The first kappa shape index (κ1) is 14.8. The highest BCUT2D eigenvalue weighted by molar-refractivity contribution is 5.80. The van der Waals surface area contributed by atoms with Crippen molar-refractivity contribution in [2.75, 3.05) is 26.4 Å². The van der Waals surface area contributed by atoms with Crippen LogP contribution >= 0.6 is 0 Å². The van der Waals surface area contributed by atoms with Gasteiger partial charge in [-0.25, -0.2) is 0 Å². The lowest BCUT2D eigenvalue weighted by Crippen LogP contribution is -2.57. The van der Waals surface area contributed by atoms with Crippen LogP contribution in [0.4, 0.5) is 0 Å². The third kappa shape index (κ3) is 3.68. The van der Waals surface area contributed by atoms with Crippen molar-refractivity contribution in [2.24, 2.45) is 5.92 Å². The molecule has 2 atom stereocenters. The summed E-state index contributed by atoms with van der Waals surface area (Å²) in [6.07, 6.45) is 5.40. The molecule has 0 aromatic rings. The highest BCUT2D eigenvalue weighted by Gasteiger charge is 2.51. The number of rotatable bonds is 8. The Hall–Kier alpha value is -0.650. The number of carboxylic acid groups (broad SMARTS) is 1. The number of carbonyl (C=O) groups is 1. The van der Waals surface area contributed by atoms with Gasteiger partial charge in [0.2, 0.25) is 0 Å². The number of carboxylic acids is 1. The van der Waals surface area contributed by atoms with Crippen molar-refractivity contribution in [1.82, 2.24) is 5.32 Å². The van der Waals surface area contributed by atoms with E-state index in [9.17, 15) is 9.90 Å². The summed E-state index contributed by atoms with van der Waals surface area (Å²) < 4.78 is 11.3. The summed E-state index contributed by atoms with van der Waals surface area (Å²) in [6.45, 7) is 4.12. The summed E-state index contributed by atoms with van der Waals surface area (Å²) in [6, 6.07) is 0. The predicted octanol–water partition coefficient (Wildman–Crippen LogP) is 1.41. The van der Waals surface area contributed by atoms with Crippen LogP contribution in [0.3, 0.4) is 0 Å². The average Bonchev–Trinajstić information content (AvgIpc) is 3.23. The molecule has 0 aromatic carbocycles. The summed E-state index contributed by atoms with van der Waals surface area (Å²) in [4.78, 5) is 11.6. The van der Waals surface area contributed by atoms with E-state index in [-0.39, 0.29) is 18.6 Å².